The Labute approximate surface area is 230 Å². The molecule has 1 aliphatic heterocycles. The first-order chi connectivity index (χ1) is 21.4. The zero-order chi connectivity index (χ0) is 35.7. The van der Waals surface area contributed by atoms with E-state index in [4.69, 9.17) is 32.7 Å². The van der Waals surface area contributed by atoms with E-state index in [2.05, 4.69) is 9.84 Å². The highest BCUT2D eigenvalue weighted by atomic mass is 16.7. The number of benzene rings is 1. The number of carbonyl (C=O) groups excluding carboxylic acids is 1. The summed E-state index contributed by atoms with van der Waals surface area (Å²) in [5.74, 6) is -0.483. The molecule has 1 aromatic carbocycles. The van der Waals surface area contributed by atoms with E-state index in [0.717, 1.165) is 4.68 Å². The van der Waals surface area contributed by atoms with Gasteiger partial charge in [-0.05, 0) is 59.0 Å². The Balaban J connectivity index is 1.99. The van der Waals surface area contributed by atoms with Crippen molar-refractivity contribution in [3.05, 3.63) is 41.1 Å². The van der Waals surface area contributed by atoms with Crippen LogP contribution in [0.3, 0.4) is 0 Å². The average Bonchev–Trinajstić information content (AvgIpc) is 3.30. The fraction of sp³-hybridized carbons (Fsp3) is 0.615. The molecule has 5 atom stereocenters. The summed E-state index contributed by atoms with van der Waals surface area (Å²) in [6, 6.07) is 3.81. The third-order valence-corrected chi connectivity index (χ3v) is 5.45. The van der Waals surface area contributed by atoms with Gasteiger partial charge in [0, 0.05) is 36.0 Å². The van der Waals surface area contributed by atoms with Gasteiger partial charge in [0.1, 0.15) is 36.8 Å². The minimum Gasteiger partial charge on any atom is -0.491 e. The van der Waals surface area contributed by atoms with Crippen molar-refractivity contribution in [2.45, 2.75) is 90.6 Å². The van der Waals surface area contributed by atoms with Gasteiger partial charge in [-0.3, -0.25) is 4.68 Å². The lowest BCUT2D eigenvalue weighted by Crippen LogP contribution is -2.60. The standard InChI is InChI=1S/C26H38N2O9/c1-7-33-26(32)34-13-20-21(29)22(30)23(31)25(36-20)37-24-19(16(6)28(27-24)14(2)3)12-17-8-10-18(11-9-17)35-15(4)5/h8-11,14-15,20-23,25,29-31H,7,12-13H2,1-6H3/t20-,21-,22+,23-,25+/m1/s1/i4D3,5D3,6D3,14D. The van der Waals surface area contributed by atoms with Crippen LogP contribution in [0.5, 0.6) is 11.6 Å². The van der Waals surface area contributed by atoms with E-state index in [9.17, 15) is 20.1 Å². The van der Waals surface area contributed by atoms with E-state index in [1.54, 1.807) is 0 Å². The van der Waals surface area contributed by atoms with E-state index < -0.39 is 87.7 Å². The molecule has 3 rings (SSSR count). The van der Waals surface area contributed by atoms with Gasteiger partial charge >= 0.3 is 6.16 Å². The number of hydrogen-bond donors (Lipinski definition) is 3. The lowest BCUT2D eigenvalue weighted by atomic mass is 9.99. The largest absolute Gasteiger partial charge is 0.508 e. The lowest BCUT2D eigenvalue weighted by Gasteiger charge is -2.39. The molecule has 1 fully saturated rings. The van der Waals surface area contributed by atoms with Gasteiger partial charge in [0.25, 0.3) is 0 Å². The molecule has 2 aromatic rings. The molecule has 11 nitrogen and oxygen atoms in total. The van der Waals surface area contributed by atoms with E-state index in [-0.39, 0.29) is 24.3 Å². The number of ether oxygens (including phenoxy) is 5. The monoisotopic (exact) mass is 532 g/mol. The van der Waals surface area contributed by atoms with Gasteiger partial charge < -0.3 is 39.0 Å². The van der Waals surface area contributed by atoms with Crippen LogP contribution >= 0.6 is 0 Å². The van der Waals surface area contributed by atoms with Crippen molar-refractivity contribution in [3.63, 3.8) is 0 Å². The summed E-state index contributed by atoms with van der Waals surface area (Å²) < 4.78 is 105. The zero-order valence-electron chi connectivity index (χ0n) is 30.6. The Morgan fingerprint density at radius 3 is 2.51 bits per heavy atom. The molecular weight excluding hydrogens is 484 g/mol. The molecule has 0 saturated carbocycles. The molecule has 206 valence electrons. The number of carbonyl (C=O) groups is 1. The van der Waals surface area contributed by atoms with Crippen LogP contribution in [0.25, 0.3) is 0 Å². The second-order valence-electron chi connectivity index (χ2n) is 8.44. The summed E-state index contributed by atoms with van der Waals surface area (Å²) in [6.45, 7) is -5.09. The van der Waals surface area contributed by atoms with Crippen molar-refractivity contribution in [2.75, 3.05) is 13.2 Å². The van der Waals surface area contributed by atoms with Gasteiger partial charge in [0.2, 0.25) is 12.2 Å². The van der Waals surface area contributed by atoms with Gasteiger partial charge in [-0.15, -0.1) is 5.10 Å². The van der Waals surface area contributed by atoms with E-state index >= 15 is 0 Å². The molecule has 37 heavy (non-hydrogen) atoms. The number of hydrogen-bond acceptors (Lipinski definition) is 10. The summed E-state index contributed by atoms with van der Waals surface area (Å²) in [5.41, 5.74) is -0.0704. The maximum absolute atomic E-state index is 11.7. The van der Waals surface area contributed by atoms with Crippen LogP contribution in [0.2, 0.25) is 0 Å². The molecule has 1 aliphatic rings. The van der Waals surface area contributed by atoms with Crippen molar-refractivity contribution in [1.82, 2.24) is 9.78 Å². The summed E-state index contributed by atoms with van der Waals surface area (Å²) in [7, 11) is 0. The van der Waals surface area contributed by atoms with Gasteiger partial charge in [-0.25, -0.2) is 4.79 Å². The highest BCUT2D eigenvalue weighted by Gasteiger charge is 2.46. The quantitative estimate of drug-likeness (QED) is 0.391. The number of aromatic nitrogens is 2. The lowest BCUT2D eigenvalue weighted by molar-refractivity contribution is -0.278. The van der Waals surface area contributed by atoms with Gasteiger partial charge in [-0.2, -0.15) is 0 Å². The molecule has 11 heteroatoms. The Morgan fingerprint density at radius 2 is 1.89 bits per heavy atom. The number of aliphatic hydroxyl groups is 3. The normalized spacial score (nSPS) is 29.1. The Hall–Kier alpha value is -2.86. The van der Waals surface area contributed by atoms with Crippen molar-refractivity contribution in [2.24, 2.45) is 0 Å². The van der Waals surface area contributed by atoms with E-state index in [1.165, 1.54) is 45.0 Å². The first kappa shape index (κ1) is 17.6. The van der Waals surface area contributed by atoms with E-state index in [0.29, 0.717) is 5.56 Å². The summed E-state index contributed by atoms with van der Waals surface area (Å²) in [5, 5.41) is 35.8. The molecule has 0 radical (unpaired) electrons. The Morgan fingerprint density at radius 1 is 1.16 bits per heavy atom. The van der Waals surface area contributed by atoms with Crippen LogP contribution < -0.4 is 9.47 Å². The number of rotatable bonds is 10. The third-order valence-electron chi connectivity index (χ3n) is 5.45. The minimum atomic E-state index is -2.96. The molecule has 0 unspecified atom stereocenters. The maximum atomic E-state index is 11.7. The summed E-state index contributed by atoms with van der Waals surface area (Å²) >= 11 is 0. The molecule has 0 amide bonds. The third kappa shape index (κ3) is 7.13. The predicted octanol–water partition coefficient (Wildman–Crippen LogP) is 2.51. The molecule has 1 saturated heterocycles. The fourth-order valence-corrected chi connectivity index (χ4v) is 3.61. The highest BCUT2D eigenvalue weighted by molar-refractivity contribution is 5.59. The van der Waals surface area contributed by atoms with Crippen LogP contribution in [-0.2, 0) is 20.6 Å². The zero-order valence-corrected chi connectivity index (χ0v) is 20.6. The highest BCUT2D eigenvalue weighted by Crippen LogP contribution is 2.31. The van der Waals surface area contributed by atoms with Crippen molar-refractivity contribution in [1.29, 1.82) is 0 Å². The molecule has 3 N–H and O–H groups in total. The Kier molecular flexibility index (Phi) is 5.99. The molecule has 0 aliphatic carbocycles. The van der Waals surface area contributed by atoms with Crippen molar-refractivity contribution >= 4 is 6.16 Å². The second kappa shape index (κ2) is 12.6. The second-order valence-corrected chi connectivity index (χ2v) is 8.44. The molecule has 1 aromatic heterocycles. The van der Waals surface area contributed by atoms with Crippen molar-refractivity contribution in [3.8, 4) is 11.6 Å². The van der Waals surface area contributed by atoms with Gasteiger partial charge in [0.05, 0.1) is 14.1 Å². The van der Waals surface area contributed by atoms with Gasteiger partial charge in [0.15, 0.2) is 0 Å². The molecule has 2 heterocycles. The van der Waals surface area contributed by atoms with Crippen LogP contribution in [0, 0.1) is 6.85 Å². The average molecular weight is 533 g/mol. The molecule has 0 bridgehead atoms. The molecule has 0 spiro atoms. The van der Waals surface area contributed by atoms with E-state index in [1.807, 2.05) is 0 Å². The van der Waals surface area contributed by atoms with Crippen LogP contribution in [-0.4, -0.2) is 81.3 Å². The number of nitrogens with zero attached hydrogens (tertiary/aromatic N) is 2. The fourth-order valence-electron chi connectivity index (χ4n) is 3.61. The topological polar surface area (TPSA) is 142 Å². The van der Waals surface area contributed by atoms with Crippen LogP contribution in [0.15, 0.2) is 24.3 Å². The predicted molar refractivity (Wildman–Crippen MR) is 133 cm³/mol. The van der Waals surface area contributed by atoms with Crippen molar-refractivity contribution < 1.29 is 57.5 Å². The first-order valence-corrected chi connectivity index (χ1v) is 11.5. The summed E-state index contributed by atoms with van der Waals surface area (Å²) in [4.78, 5) is 11.7. The van der Waals surface area contributed by atoms with Gasteiger partial charge in [-0.1, -0.05) is 12.1 Å². The molecular formula is C26H38N2O9. The number of aliphatic hydroxyl groups excluding tert-OH is 3. The smallest absolute Gasteiger partial charge is 0.491 e. The minimum absolute atomic E-state index is 0.00431. The first-order valence-electron chi connectivity index (χ1n) is 16.5. The Bertz CT molecular complexity index is 1340. The SMILES string of the molecule is [2H]C([2H])([2H])c1c(Cc2ccc(OC(C([2H])([2H])[2H])C([2H])([2H])[2H])cc2)c(O[C@@H]2O[C@H](COC(=O)OCC)[C@@H](O)[C@H](O)[C@H]2O)nn1C([2H])(C)C. The summed E-state index contributed by atoms with van der Waals surface area (Å²) in [6.07, 6.45) is -12.0. The maximum Gasteiger partial charge on any atom is 0.508 e. The van der Waals surface area contributed by atoms with Crippen LogP contribution in [0.1, 0.15) is 71.0 Å². The van der Waals surface area contributed by atoms with Crippen LogP contribution in [0.4, 0.5) is 4.79 Å².